The first kappa shape index (κ1) is 13.1. The molecule has 0 aromatic heterocycles. The third-order valence-electron chi connectivity index (χ3n) is 2.45. The second-order valence-corrected chi connectivity index (χ2v) is 4.98. The maximum atomic E-state index is 12.8. The smallest absolute Gasteiger partial charge is 0.123 e. The van der Waals surface area contributed by atoms with Crippen LogP contribution in [0.1, 0.15) is 5.56 Å². The minimum atomic E-state index is -0.258. The van der Waals surface area contributed by atoms with Gasteiger partial charge >= 0.3 is 0 Å². The van der Waals surface area contributed by atoms with Gasteiger partial charge in [-0.25, -0.2) is 4.39 Å². The Balaban J connectivity index is 2.08. The standard InChI is InChI=1S/C14H12FNS2/c1-18-13-8-6-12(7-9-13)16-14(17)10-2-4-11(15)5-3-10/h2-9H,1H3,(H,16,17). The largest absolute Gasteiger partial charge is 0.346 e. The van der Waals surface area contributed by atoms with Crippen LogP contribution >= 0.6 is 24.0 Å². The molecule has 0 aliphatic rings. The van der Waals surface area contributed by atoms with Gasteiger partial charge in [-0.05, 0) is 54.8 Å². The minimum Gasteiger partial charge on any atom is -0.346 e. The molecule has 0 aliphatic carbocycles. The summed E-state index contributed by atoms with van der Waals surface area (Å²) in [6, 6.07) is 14.1. The summed E-state index contributed by atoms with van der Waals surface area (Å²) in [7, 11) is 0. The molecule has 0 radical (unpaired) electrons. The molecule has 1 nitrogen and oxygen atoms in total. The normalized spacial score (nSPS) is 10.1. The van der Waals surface area contributed by atoms with E-state index >= 15 is 0 Å². The second kappa shape index (κ2) is 5.98. The van der Waals surface area contributed by atoms with E-state index in [0.717, 1.165) is 11.3 Å². The van der Waals surface area contributed by atoms with Crippen LogP contribution in [0.2, 0.25) is 0 Å². The van der Waals surface area contributed by atoms with Crippen LogP contribution in [0.5, 0.6) is 0 Å². The molecular weight excluding hydrogens is 265 g/mol. The fourth-order valence-electron chi connectivity index (χ4n) is 1.48. The Labute approximate surface area is 115 Å². The lowest BCUT2D eigenvalue weighted by Gasteiger charge is -2.08. The number of hydrogen-bond donors (Lipinski definition) is 1. The minimum absolute atomic E-state index is 0.258. The molecule has 0 aliphatic heterocycles. The zero-order chi connectivity index (χ0) is 13.0. The highest BCUT2D eigenvalue weighted by Crippen LogP contribution is 2.18. The Morgan fingerprint density at radius 3 is 2.22 bits per heavy atom. The average Bonchev–Trinajstić information content (AvgIpc) is 2.40. The summed E-state index contributed by atoms with van der Waals surface area (Å²) in [6.45, 7) is 0. The van der Waals surface area contributed by atoms with Gasteiger partial charge in [-0.3, -0.25) is 0 Å². The van der Waals surface area contributed by atoms with E-state index < -0.39 is 0 Å². The van der Waals surface area contributed by atoms with E-state index in [1.807, 2.05) is 30.5 Å². The molecular formula is C14H12FNS2. The van der Waals surface area contributed by atoms with Gasteiger partial charge in [0.1, 0.15) is 10.8 Å². The van der Waals surface area contributed by atoms with E-state index in [-0.39, 0.29) is 5.82 Å². The summed E-state index contributed by atoms with van der Waals surface area (Å²) in [6.07, 6.45) is 2.03. The lowest BCUT2D eigenvalue weighted by molar-refractivity contribution is 0.628. The molecule has 4 heteroatoms. The monoisotopic (exact) mass is 277 g/mol. The van der Waals surface area contributed by atoms with Gasteiger partial charge in [-0.2, -0.15) is 0 Å². The van der Waals surface area contributed by atoms with Crippen LogP contribution in [0, 0.1) is 5.82 Å². The number of hydrogen-bond acceptors (Lipinski definition) is 2. The Morgan fingerprint density at radius 2 is 1.67 bits per heavy atom. The van der Waals surface area contributed by atoms with E-state index in [4.69, 9.17) is 12.2 Å². The number of rotatable bonds is 3. The molecule has 0 fully saturated rings. The molecule has 2 aromatic carbocycles. The Bertz CT molecular complexity index is 535. The molecule has 2 rings (SSSR count). The van der Waals surface area contributed by atoms with Crippen molar-refractivity contribution in [3.63, 3.8) is 0 Å². The second-order valence-electron chi connectivity index (χ2n) is 3.69. The predicted molar refractivity (Wildman–Crippen MR) is 79.9 cm³/mol. The van der Waals surface area contributed by atoms with Crippen LogP contribution < -0.4 is 5.32 Å². The third kappa shape index (κ3) is 3.31. The van der Waals surface area contributed by atoms with Crippen molar-refractivity contribution in [3.8, 4) is 0 Å². The molecule has 92 valence electrons. The zero-order valence-corrected chi connectivity index (χ0v) is 11.4. The third-order valence-corrected chi connectivity index (χ3v) is 3.54. The van der Waals surface area contributed by atoms with Gasteiger partial charge < -0.3 is 5.32 Å². The van der Waals surface area contributed by atoms with Crippen molar-refractivity contribution in [3.05, 3.63) is 59.9 Å². The number of thiocarbonyl (C=S) groups is 1. The SMILES string of the molecule is CSc1ccc(NC(=S)c2ccc(F)cc2)cc1. The number of anilines is 1. The lowest BCUT2D eigenvalue weighted by atomic mass is 10.2. The highest BCUT2D eigenvalue weighted by Gasteiger charge is 2.02. The van der Waals surface area contributed by atoms with Crippen LogP contribution in [0.25, 0.3) is 0 Å². The van der Waals surface area contributed by atoms with Crippen molar-refractivity contribution < 1.29 is 4.39 Å². The van der Waals surface area contributed by atoms with Gasteiger partial charge in [-0.1, -0.05) is 12.2 Å². The van der Waals surface area contributed by atoms with Gasteiger partial charge in [0.05, 0.1) is 0 Å². The predicted octanol–water partition coefficient (Wildman–Crippen LogP) is 4.34. The van der Waals surface area contributed by atoms with Crippen molar-refractivity contribution >= 4 is 34.7 Å². The number of halogens is 1. The van der Waals surface area contributed by atoms with Crippen LogP contribution in [-0.4, -0.2) is 11.2 Å². The Morgan fingerprint density at radius 1 is 1.06 bits per heavy atom. The Hall–Kier alpha value is -1.39. The van der Waals surface area contributed by atoms with Gasteiger partial charge in [0, 0.05) is 16.1 Å². The molecule has 0 heterocycles. The molecule has 0 atom stereocenters. The van der Waals surface area contributed by atoms with Crippen LogP contribution in [-0.2, 0) is 0 Å². The summed E-state index contributed by atoms with van der Waals surface area (Å²) in [4.78, 5) is 1.79. The van der Waals surface area contributed by atoms with E-state index in [0.29, 0.717) is 4.99 Å². The molecule has 0 bridgehead atoms. The van der Waals surface area contributed by atoms with Crippen molar-refractivity contribution in [1.82, 2.24) is 0 Å². The van der Waals surface area contributed by atoms with E-state index in [9.17, 15) is 4.39 Å². The average molecular weight is 277 g/mol. The summed E-state index contributed by atoms with van der Waals surface area (Å²) in [5.41, 5.74) is 1.74. The molecule has 0 spiro atoms. The van der Waals surface area contributed by atoms with Crippen LogP contribution in [0.15, 0.2) is 53.4 Å². The first-order valence-corrected chi connectivity index (χ1v) is 7.03. The molecule has 0 amide bonds. The summed E-state index contributed by atoms with van der Waals surface area (Å²) in [5.74, 6) is -0.258. The van der Waals surface area contributed by atoms with Crippen molar-refractivity contribution in [2.45, 2.75) is 4.90 Å². The van der Waals surface area contributed by atoms with Gasteiger partial charge in [0.25, 0.3) is 0 Å². The van der Waals surface area contributed by atoms with Gasteiger partial charge in [0.2, 0.25) is 0 Å². The lowest BCUT2D eigenvalue weighted by Crippen LogP contribution is -2.10. The number of benzene rings is 2. The maximum absolute atomic E-state index is 12.8. The fraction of sp³-hybridized carbons (Fsp3) is 0.0714. The summed E-state index contributed by atoms with van der Waals surface area (Å²) >= 11 is 6.96. The van der Waals surface area contributed by atoms with E-state index in [1.165, 1.54) is 17.0 Å². The topological polar surface area (TPSA) is 12.0 Å². The van der Waals surface area contributed by atoms with Crippen LogP contribution in [0.4, 0.5) is 10.1 Å². The fourth-order valence-corrected chi connectivity index (χ4v) is 2.14. The zero-order valence-electron chi connectivity index (χ0n) is 9.81. The molecule has 1 N–H and O–H groups in total. The highest BCUT2D eigenvalue weighted by molar-refractivity contribution is 7.98. The first-order valence-electron chi connectivity index (χ1n) is 5.40. The molecule has 0 saturated heterocycles. The molecule has 2 aromatic rings. The summed E-state index contributed by atoms with van der Waals surface area (Å²) < 4.78 is 12.8. The maximum Gasteiger partial charge on any atom is 0.123 e. The quantitative estimate of drug-likeness (QED) is 0.662. The highest BCUT2D eigenvalue weighted by atomic mass is 32.2. The Kier molecular flexibility index (Phi) is 4.33. The molecule has 18 heavy (non-hydrogen) atoms. The molecule has 0 saturated carbocycles. The van der Waals surface area contributed by atoms with E-state index in [2.05, 4.69) is 5.32 Å². The summed E-state index contributed by atoms with van der Waals surface area (Å²) in [5, 5.41) is 3.13. The van der Waals surface area contributed by atoms with Crippen molar-refractivity contribution in [1.29, 1.82) is 0 Å². The van der Waals surface area contributed by atoms with Crippen molar-refractivity contribution in [2.24, 2.45) is 0 Å². The van der Waals surface area contributed by atoms with Crippen LogP contribution in [0.3, 0.4) is 0 Å². The van der Waals surface area contributed by atoms with Crippen molar-refractivity contribution in [2.75, 3.05) is 11.6 Å². The number of nitrogens with one attached hydrogen (secondary N) is 1. The first-order chi connectivity index (χ1) is 8.69. The van der Waals surface area contributed by atoms with Gasteiger partial charge in [0.15, 0.2) is 0 Å². The number of thioether (sulfide) groups is 1. The molecule has 0 unspecified atom stereocenters. The van der Waals surface area contributed by atoms with Gasteiger partial charge in [-0.15, -0.1) is 11.8 Å². The van der Waals surface area contributed by atoms with E-state index in [1.54, 1.807) is 23.9 Å².